The number of ketones is 1. The lowest BCUT2D eigenvalue weighted by atomic mass is 10.0. The summed E-state index contributed by atoms with van der Waals surface area (Å²) in [4.78, 5) is 15.7. The number of carbonyl (C=O) groups excluding carboxylic acids is 1. The van der Waals surface area contributed by atoms with Crippen molar-refractivity contribution in [2.45, 2.75) is 32.4 Å². The number of rotatable bonds is 3. The maximum Gasteiger partial charge on any atom is 0.164 e. The van der Waals surface area contributed by atoms with Gasteiger partial charge in [0.15, 0.2) is 5.78 Å². The number of aryl methyl sites for hydroxylation is 1. The van der Waals surface area contributed by atoms with Crippen molar-refractivity contribution >= 4 is 11.5 Å². The normalized spacial score (nSPS) is 17.6. The second-order valence-corrected chi connectivity index (χ2v) is 4.96. The standard InChI is InChI=1S/C14H15FN4O/c1-9(20)14-11(15)3-2-4-12(14)18-10-5-6-13-16-8-17-19(13)7-10/h2-4,8,10,18H,5-7H2,1H3. The van der Waals surface area contributed by atoms with E-state index in [1.54, 1.807) is 18.5 Å². The molecular weight excluding hydrogens is 259 g/mol. The molecule has 1 aromatic heterocycles. The average Bonchev–Trinajstić information content (AvgIpc) is 2.85. The van der Waals surface area contributed by atoms with E-state index in [9.17, 15) is 9.18 Å². The highest BCUT2D eigenvalue weighted by Crippen LogP contribution is 2.23. The zero-order chi connectivity index (χ0) is 14.1. The Balaban J connectivity index is 1.83. The van der Waals surface area contributed by atoms with Crippen LogP contribution in [0.1, 0.15) is 29.5 Å². The lowest BCUT2D eigenvalue weighted by molar-refractivity contribution is 0.101. The minimum Gasteiger partial charge on any atom is -0.380 e. The molecule has 2 aromatic rings. The molecule has 1 aliphatic heterocycles. The molecule has 0 fully saturated rings. The first-order valence-electron chi connectivity index (χ1n) is 6.58. The van der Waals surface area contributed by atoms with Gasteiger partial charge in [-0.15, -0.1) is 0 Å². The molecule has 1 atom stereocenters. The number of halogens is 1. The van der Waals surface area contributed by atoms with Crippen molar-refractivity contribution in [3.05, 3.63) is 41.7 Å². The molecule has 3 rings (SSSR count). The summed E-state index contributed by atoms with van der Waals surface area (Å²) < 4.78 is 15.6. The number of fused-ring (bicyclic) bond motifs is 1. The summed E-state index contributed by atoms with van der Waals surface area (Å²) in [6, 6.07) is 4.76. The third kappa shape index (κ3) is 2.29. The number of aromatic nitrogens is 3. The number of hydrogen-bond donors (Lipinski definition) is 1. The van der Waals surface area contributed by atoms with Crippen LogP contribution in [0.25, 0.3) is 0 Å². The van der Waals surface area contributed by atoms with Gasteiger partial charge in [-0.3, -0.25) is 4.79 Å². The number of anilines is 1. The van der Waals surface area contributed by atoms with Crippen LogP contribution in [0.2, 0.25) is 0 Å². The smallest absolute Gasteiger partial charge is 0.164 e. The van der Waals surface area contributed by atoms with Crippen LogP contribution < -0.4 is 5.32 Å². The van der Waals surface area contributed by atoms with E-state index in [0.717, 1.165) is 18.7 Å². The van der Waals surface area contributed by atoms with Gasteiger partial charge in [-0.2, -0.15) is 5.10 Å². The van der Waals surface area contributed by atoms with Crippen molar-refractivity contribution in [3.8, 4) is 0 Å². The van der Waals surface area contributed by atoms with E-state index >= 15 is 0 Å². The summed E-state index contributed by atoms with van der Waals surface area (Å²) in [6.07, 6.45) is 3.25. The van der Waals surface area contributed by atoms with E-state index in [2.05, 4.69) is 15.4 Å². The fourth-order valence-electron chi connectivity index (χ4n) is 2.58. The minimum atomic E-state index is -0.486. The number of carbonyl (C=O) groups is 1. The lowest BCUT2D eigenvalue weighted by Gasteiger charge is -2.25. The molecule has 0 saturated heterocycles. The maximum absolute atomic E-state index is 13.8. The predicted octanol–water partition coefficient (Wildman–Crippen LogP) is 2.05. The van der Waals surface area contributed by atoms with Gasteiger partial charge in [0.05, 0.1) is 12.1 Å². The van der Waals surface area contributed by atoms with E-state index in [0.29, 0.717) is 12.2 Å². The van der Waals surface area contributed by atoms with Crippen molar-refractivity contribution in [1.82, 2.24) is 14.8 Å². The van der Waals surface area contributed by atoms with Crippen LogP contribution in [-0.4, -0.2) is 26.6 Å². The number of benzene rings is 1. The molecule has 5 nitrogen and oxygen atoms in total. The molecule has 0 saturated carbocycles. The van der Waals surface area contributed by atoms with Crippen LogP contribution in [0, 0.1) is 5.82 Å². The Labute approximate surface area is 115 Å². The Morgan fingerprint density at radius 1 is 1.50 bits per heavy atom. The van der Waals surface area contributed by atoms with Gasteiger partial charge < -0.3 is 5.32 Å². The Kier molecular flexibility index (Phi) is 3.22. The van der Waals surface area contributed by atoms with Gasteiger partial charge in [0.2, 0.25) is 0 Å². The van der Waals surface area contributed by atoms with Crippen LogP contribution in [0.5, 0.6) is 0 Å². The van der Waals surface area contributed by atoms with Gasteiger partial charge in [-0.05, 0) is 25.5 Å². The second kappa shape index (κ2) is 5.03. The maximum atomic E-state index is 13.8. The Morgan fingerprint density at radius 3 is 3.15 bits per heavy atom. The molecule has 0 bridgehead atoms. The minimum absolute atomic E-state index is 0.115. The fraction of sp³-hybridized carbons (Fsp3) is 0.357. The van der Waals surface area contributed by atoms with Gasteiger partial charge in [-0.25, -0.2) is 14.1 Å². The number of hydrogen-bond acceptors (Lipinski definition) is 4. The molecule has 1 aliphatic rings. The van der Waals surface area contributed by atoms with E-state index in [4.69, 9.17) is 0 Å². The number of nitrogens with zero attached hydrogens (tertiary/aromatic N) is 3. The van der Waals surface area contributed by atoms with Gasteiger partial charge in [0.25, 0.3) is 0 Å². The van der Waals surface area contributed by atoms with Gasteiger partial charge in [-0.1, -0.05) is 6.07 Å². The van der Waals surface area contributed by atoms with Crippen molar-refractivity contribution in [1.29, 1.82) is 0 Å². The van der Waals surface area contributed by atoms with Crippen molar-refractivity contribution in [2.24, 2.45) is 0 Å². The zero-order valence-corrected chi connectivity index (χ0v) is 11.1. The summed E-state index contributed by atoms with van der Waals surface area (Å²) in [5.41, 5.74) is 0.669. The molecule has 0 radical (unpaired) electrons. The monoisotopic (exact) mass is 274 g/mol. The highest BCUT2D eigenvalue weighted by Gasteiger charge is 2.21. The zero-order valence-electron chi connectivity index (χ0n) is 11.1. The van der Waals surface area contributed by atoms with Gasteiger partial charge >= 0.3 is 0 Å². The molecule has 1 unspecified atom stereocenters. The van der Waals surface area contributed by atoms with E-state index in [1.807, 2.05) is 4.68 Å². The van der Waals surface area contributed by atoms with E-state index < -0.39 is 5.82 Å². The largest absolute Gasteiger partial charge is 0.380 e. The molecule has 0 amide bonds. The van der Waals surface area contributed by atoms with Crippen LogP contribution in [0.3, 0.4) is 0 Å². The summed E-state index contributed by atoms with van der Waals surface area (Å²) in [5.74, 6) is 0.205. The van der Waals surface area contributed by atoms with Crippen LogP contribution in [0.4, 0.5) is 10.1 Å². The Hall–Kier alpha value is -2.24. The molecule has 6 heteroatoms. The van der Waals surface area contributed by atoms with Crippen LogP contribution in [-0.2, 0) is 13.0 Å². The van der Waals surface area contributed by atoms with Crippen molar-refractivity contribution in [3.63, 3.8) is 0 Å². The predicted molar refractivity (Wildman–Crippen MR) is 72.2 cm³/mol. The summed E-state index contributed by atoms with van der Waals surface area (Å²) in [5, 5.41) is 7.40. The van der Waals surface area contributed by atoms with Gasteiger partial charge in [0.1, 0.15) is 18.0 Å². The topological polar surface area (TPSA) is 59.8 Å². The first-order valence-corrected chi connectivity index (χ1v) is 6.58. The number of Topliss-reactive ketones (excluding diaryl/α,β-unsaturated/α-hetero) is 1. The quantitative estimate of drug-likeness (QED) is 0.870. The highest BCUT2D eigenvalue weighted by molar-refractivity contribution is 5.99. The Bertz CT molecular complexity index is 652. The molecule has 1 aromatic carbocycles. The molecule has 0 aliphatic carbocycles. The van der Waals surface area contributed by atoms with Crippen molar-refractivity contribution in [2.75, 3.05) is 5.32 Å². The van der Waals surface area contributed by atoms with Gasteiger partial charge in [0, 0.05) is 18.2 Å². The summed E-state index contributed by atoms with van der Waals surface area (Å²) in [6.45, 7) is 2.04. The molecular formula is C14H15FN4O. The third-order valence-electron chi connectivity index (χ3n) is 3.53. The third-order valence-corrected chi connectivity index (χ3v) is 3.53. The summed E-state index contributed by atoms with van der Waals surface area (Å²) in [7, 11) is 0. The number of nitrogens with one attached hydrogen (secondary N) is 1. The van der Waals surface area contributed by atoms with E-state index in [-0.39, 0.29) is 17.4 Å². The van der Waals surface area contributed by atoms with E-state index in [1.165, 1.54) is 13.0 Å². The molecule has 2 heterocycles. The van der Waals surface area contributed by atoms with Crippen LogP contribution >= 0.6 is 0 Å². The molecule has 20 heavy (non-hydrogen) atoms. The summed E-state index contributed by atoms with van der Waals surface area (Å²) >= 11 is 0. The van der Waals surface area contributed by atoms with Crippen molar-refractivity contribution < 1.29 is 9.18 Å². The Morgan fingerprint density at radius 2 is 2.35 bits per heavy atom. The fourth-order valence-corrected chi connectivity index (χ4v) is 2.58. The molecule has 1 N–H and O–H groups in total. The lowest BCUT2D eigenvalue weighted by Crippen LogP contribution is -2.32. The molecule has 0 spiro atoms. The first-order chi connectivity index (χ1) is 9.65. The average molecular weight is 274 g/mol. The van der Waals surface area contributed by atoms with Crippen LogP contribution in [0.15, 0.2) is 24.5 Å². The highest BCUT2D eigenvalue weighted by atomic mass is 19.1. The SMILES string of the molecule is CC(=O)c1c(F)cccc1NC1CCc2ncnn2C1. The molecule has 104 valence electrons. The first kappa shape index (κ1) is 12.8. The second-order valence-electron chi connectivity index (χ2n) is 4.96.